The molecule has 90 valence electrons. The van der Waals surface area contributed by atoms with Gasteiger partial charge >= 0.3 is 0 Å². The van der Waals surface area contributed by atoms with Crippen molar-refractivity contribution in [1.82, 2.24) is 9.88 Å². The molecule has 2 aromatic heterocycles. The molecule has 0 radical (unpaired) electrons. The van der Waals surface area contributed by atoms with Crippen molar-refractivity contribution in [2.45, 2.75) is 19.5 Å². The Kier molecular flexibility index (Phi) is 4.15. The van der Waals surface area contributed by atoms with E-state index in [2.05, 4.69) is 41.4 Å². The van der Waals surface area contributed by atoms with Crippen molar-refractivity contribution in [3.05, 3.63) is 51.4 Å². The number of thiophene rings is 1. The predicted molar refractivity (Wildman–Crippen MR) is 73.4 cm³/mol. The Morgan fingerprint density at radius 1 is 1.35 bits per heavy atom. The summed E-state index contributed by atoms with van der Waals surface area (Å²) in [4.78, 5) is 7.94. The first-order valence-electron chi connectivity index (χ1n) is 5.52. The minimum atomic E-state index is 0.399. The number of rotatable bonds is 4. The van der Waals surface area contributed by atoms with Crippen molar-refractivity contribution in [1.29, 1.82) is 0 Å². The van der Waals surface area contributed by atoms with Gasteiger partial charge in [0.2, 0.25) is 0 Å². The fourth-order valence-electron chi connectivity index (χ4n) is 1.68. The molecule has 0 fully saturated rings. The third-order valence-electron chi connectivity index (χ3n) is 2.80. The molecule has 0 saturated heterocycles. The molecule has 0 aromatic carbocycles. The second kappa shape index (κ2) is 5.63. The maximum atomic E-state index is 5.88. The second-order valence-electron chi connectivity index (χ2n) is 4.06. The monoisotopic (exact) mass is 266 g/mol. The van der Waals surface area contributed by atoms with Crippen LogP contribution >= 0.6 is 22.9 Å². The highest BCUT2D eigenvalue weighted by Crippen LogP contribution is 2.24. The molecule has 0 amide bonds. The van der Waals surface area contributed by atoms with E-state index in [-0.39, 0.29) is 0 Å². The summed E-state index contributed by atoms with van der Waals surface area (Å²) in [5, 5.41) is 2.66. The normalized spacial score (nSPS) is 12.9. The molecular weight excluding hydrogens is 252 g/mol. The molecule has 0 saturated carbocycles. The Bertz CT molecular complexity index is 470. The molecule has 17 heavy (non-hydrogen) atoms. The van der Waals surface area contributed by atoms with Crippen LogP contribution in [0, 0.1) is 0 Å². The van der Waals surface area contributed by atoms with Gasteiger partial charge in [-0.05, 0) is 37.6 Å². The summed E-state index contributed by atoms with van der Waals surface area (Å²) in [6.07, 6.45) is 0. The SMILES string of the molecule is CC(c1cccs1)N(C)Cc1cccc(Cl)n1. The number of nitrogens with zero attached hydrogens (tertiary/aromatic N) is 2. The van der Waals surface area contributed by atoms with Crippen LogP contribution in [0.25, 0.3) is 0 Å². The van der Waals surface area contributed by atoms with Gasteiger partial charge in [-0.1, -0.05) is 23.7 Å². The van der Waals surface area contributed by atoms with Gasteiger partial charge in [0.25, 0.3) is 0 Å². The molecule has 2 rings (SSSR count). The minimum absolute atomic E-state index is 0.399. The molecule has 2 nitrogen and oxygen atoms in total. The molecule has 0 bridgehead atoms. The molecule has 0 N–H and O–H groups in total. The van der Waals surface area contributed by atoms with Gasteiger partial charge < -0.3 is 0 Å². The van der Waals surface area contributed by atoms with Gasteiger partial charge in [0.1, 0.15) is 5.15 Å². The summed E-state index contributed by atoms with van der Waals surface area (Å²) >= 11 is 7.66. The molecule has 4 heteroatoms. The van der Waals surface area contributed by atoms with E-state index in [1.807, 2.05) is 12.1 Å². The molecule has 0 aliphatic carbocycles. The van der Waals surface area contributed by atoms with Crippen LogP contribution in [-0.4, -0.2) is 16.9 Å². The number of pyridine rings is 1. The highest BCUT2D eigenvalue weighted by Gasteiger charge is 2.13. The summed E-state index contributed by atoms with van der Waals surface area (Å²) < 4.78 is 0. The van der Waals surface area contributed by atoms with Crippen molar-refractivity contribution >= 4 is 22.9 Å². The Morgan fingerprint density at radius 3 is 2.82 bits per heavy atom. The highest BCUT2D eigenvalue weighted by atomic mass is 35.5. The lowest BCUT2D eigenvalue weighted by molar-refractivity contribution is 0.253. The van der Waals surface area contributed by atoms with E-state index in [0.717, 1.165) is 12.2 Å². The molecular formula is C13H15ClN2S. The quantitative estimate of drug-likeness (QED) is 0.778. The smallest absolute Gasteiger partial charge is 0.129 e. The van der Waals surface area contributed by atoms with E-state index in [1.165, 1.54) is 4.88 Å². The predicted octanol–water partition coefficient (Wildman–Crippen LogP) is 3.99. The topological polar surface area (TPSA) is 16.1 Å². The van der Waals surface area contributed by atoms with Crippen LogP contribution in [0.3, 0.4) is 0 Å². The van der Waals surface area contributed by atoms with Crippen LogP contribution in [0.2, 0.25) is 5.15 Å². The van der Waals surface area contributed by atoms with Crippen LogP contribution < -0.4 is 0 Å². The zero-order chi connectivity index (χ0) is 12.3. The van der Waals surface area contributed by atoms with E-state index in [1.54, 1.807) is 17.4 Å². The highest BCUT2D eigenvalue weighted by molar-refractivity contribution is 7.10. The average Bonchev–Trinajstić information content (AvgIpc) is 2.81. The van der Waals surface area contributed by atoms with Gasteiger partial charge in [0.05, 0.1) is 5.69 Å². The second-order valence-corrected chi connectivity index (χ2v) is 5.42. The van der Waals surface area contributed by atoms with Gasteiger partial charge in [-0.2, -0.15) is 0 Å². The van der Waals surface area contributed by atoms with Crippen LogP contribution in [-0.2, 0) is 6.54 Å². The van der Waals surface area contributed by atoms with Crippen LogP contribution in [0.5, 0.6) is 0 Å². The maximum Gasteiger partial charge on any atom is 0.129 e. The van der Waals surface area contributed by atoms with Crippen LogP contribution in [0.15, 0.2) is 35.7 Å². The van der Waals surface area contributed by atoms with Gasteiger partial charge in [0.15, 0.2) is 0 Å². The Hall–Kier alpha value is -0.900. The molecule has 2 aromatic rings. The first-order chi connectivity index (χ1) is 8.16. The molecule has 1 atom stereocenters. The van der Waals surface area contributed by atoms with Crippen molar-refractivity contribution in [2.24, 2.45) is 0 Å². The van der Waals surface area contributed by atoms with Crippen molar-refractivity contribution in [3.8, 4) is 0 Å². The van der Waals surface area contributed by atoms with Crippen molar-refractivity contribution in [2.75, 3.05) is 7.05 Å². The molecule has 0 aliphatic rings. The summed E-state index contributed by atoms with van der Waals surface area (Å²) in [6, 6.07) is 10.4. The summed E-state index contributed by atoms with van der Waals surface area (Å²) in [7, 11) is 2.10. The number of halogens is 1. The van der Waals surface area contributed by atoms with Gasteiger partial charge in [-0.25, -0.2) is 4.98 Å². The standard InChI is InChI=1S/C13H15ClN2S/c1-10(12-6-4-8-17-12)16(2)9-11-5-3-7-13(14)15-11/h3-8,10H,9H2,1-2H3. The third-order valence-corrected chi connectivity index (χ3v) is 4.05. The number of hydrogen-bond acceptors (Lipinski definition) is 3. The van der Waals surface area contributed by atoms with E-state index < -0.39 is 0 Å². The molecule has 1 unspecified atom stereocenters. The van der Waals surface area contributed by atoms with Crippen molar-refractivity contribution in [3.63, 3.8) is 0 Å². The minimum Gasteiger partial charge on any atom is -0.293 e. The fourth-order valence-corrected chi connectivity index (χ4v) is 2.71. The zero-order valence-electron chi connectivity index (χ0n) is 9.93. The number of aromatic nitrogens is 1. The fraction of sp³-hybridized carbons (Fsp3) is 0.308. The summed E-state index contributed by atoms with van der Waals surface area (Å²) in [5.41, 5.74) is 1.00. The molecule has 2 heterocycles. The zero-order valence-corrected chi connectivity index (χ0v) is 11.5. The lowest BCUT2D eigenvalue weighted by atomic mass is 10.2. The largest absolute Gasteiger partial charge is 0.293 e. The molecule has 0 spiro atoms. The number of hydrogen-bond donors (Lipinski definition) is 0. The summed E-state index contributed by atoms with van der Waals surface area (Å²) in [5.74, 6) is 0. The summed E-state index contributed by atoms with van der Waals surface area (Å²) in [6.45, 7) is 3.01. The van der Waals surface area contributed by atoms with Crippen molar-refractivity contribution < 1.29 is 0 Å². The van der Waals surface area contributed by atoms with E-state index in [9.17, 15) is 0 Å². The Labute approximate surface area is 111 Å². The first kappa shape index (κ1) is 12.6. The lowest BCUT2D eigenvalue weighted by Gasteiger charge is -2.23. The van der Waals surface area contributed by atoms with Gasteiger partial charge in [-0.15, -0.1) is 11.3 Å². The van der Waals surface area contributed by atoms with E-state index >= 15 is 0 Å². The van der Waals surface area contributed by atoms with Gasteiger partial charge in [-0.3, -0.25) is 4.90 Å². The lowest BCUT2D eigenvalue weighted by Crippen LogP contribution is -2.21. The van der Waals surface area contributed by atoms with Gasteiger partial charge in [0, 0.05) is 17.5 Å². The first-order valence-corrected chi connectivity index (χ1v) is 6.77. The Balaban J connectivity index is 2.04. The molecule has 0 aliphatic heterocycles. The van der Waals surface area contributed by atoms with E-state index in [0.29, 0.717) is 11.2 Å². The van der Waals surface area contributed by atoms with Crippen LogP contribution in [0.1, 0.15) is 23.5 Å². The van der Waals surface area contributed by atoms with E-state index in [4.69, 9.17) is 11.6 Å². The third kappa shape index (κ3) is 3.28. The average molecular weight is 267 g/mol. The Morgan fingerprint density at radius 2 is 2.18 bits per heavy atom. The van der Waals surface area contributed by atoms with Crippen LogP contribution in [0.4, 0.5) is 0 Å². The maximum absolute atomic E-state index is 5.88.